The number of nitrogens with zero attached hydrogens (tertiary/aromatic N) is 1. The first-order chi connectivity index (χ1) is 13.1. The van der Waals surface area contributed by atoms with Gasteiger partial charge in [-0.25, -0.2) is 0 Å². The van der Waals surface area contributed by atoms with Crippen molar-refractivity contribution in [2.45, 2.75) is 32.2 Å². The second-order valence-corrected chi connectivity index (χ2v) is 6.79. The van der Waals surface area contributed by atoms with Gasteiger partial charge in [0.1, 0.15) is 5.75 Å². The molecule has 1 amide bonds. The monoisotopic (exact) mass is 366 g/mol. The molecular weight excluding hydrogens is 340 g/mol. The topological polar surface area (TPSA) is 88.7 Å². The number of aryl methyl sites for hydroxylation is 1. The summed E-state index contributed by atoms with van der Waals surface area (Å²) >= 11 is 0. The van der Waals surface area contributed by atoms with Crippen molar-refractivity contribution in [1.82, 2.24) is 5.32 Å². The number of hydrogen-bond donors (Lipinski definition) is 3. The van der Waals surface area contributed by atoms with Crippen LogP contribution in [0.3, 0.4) is 0 Å². The number of carbonyl (C=O) groups excluding carboxylic acids is 1. The number of nitrogens with two attached hydrogens (primary N) is 1. The van der Waals surface area contributed by atoms with Crippen molar-refractivity contribution in [3.63, 3.8) is 0 Å². The van der Waals surface area contributed by atoms with Crippen LogP contribution in [0.2, 0.25) is 0 Å². The molecule has 0 spiro atoms. The van der Waals surface area contributed by atoms with E-state index in [-0.39, 0.29) is 12.5 Å². The molecule has 27 heavy (non-hydrogen) atoms. The van der Waals surface area contributed by atoms with Crippen LogP contribution < -0.4 is 21.1 Å². The summed E-state index contributed by atoms with van der Waals surface area (Å²) in [6.07, 6.45) is 2.93. The molecule has 1 aliphatic rings. The molecule has 3 rings (SSSR count). The SMILES string of the molecule is Cc1cccc(NC(N)=NCCc2ccc(OCC(=O)NC3CC3)cc2)c1. The van der Waals surface area contributed by atoms with Gasteiger partial charge < -0.3 is 21.1 Å². The van der Waals surface area contributed by atoms with Gasteiger partial charge in [0.15, 0.2) is 12.6 Å². The first-order valence-corrected chi connectivity index (χ1v) is 9.23. The highest BCUT2D eigenvalue weighted by Crippen LogP contribution is 2.18. The molecule has 2 aromatic carbocycles. The van der Waals surface area contributed by atoms with E-state index in [1.54, 1.807) is 0 Å². The molecule has 0 radical (unpaired) electrons. The van der Waals surface area contributed by atoms with Crippen LogP contribution in [0.25, 0.3) is 0 Å². The van der Waals surface area contributed by atoms with Gasteiger partial charge in [-0.05, 0) is 61.6 Å². The number of anilines is 1. The number of nitrogens with one attached hydrogen (secondary N) is 2. The first-order valence-electron chi connectivity index (χ1n) is 9.23. The lowest BCUT2D eigenvalue weighted by molar-refractivity contribution is -0.123. The van der Waals surface area contributed by atoms with Crippen LogP contribution >= 0.6 is 0 Å². The molecule has 142 valence electrons. The van der Waals surface area contributed by atoms with Crippen LogP contribution in [-0.4, -0.2) is 31.1 Å². The minimum atomic E-state index is -0.0625. The average Bonchev–Trinajstić information content (AvgIpc) is 3.45. The van der Waals surface area contributed by atoms with E-state index in [1.165, 1.54) is 5.56 Å². The standard InChI is InChI=1S/C21H26N4O2/c1-15-3-2-4-18(13-15)25-21(22)23-12-11-16-5-9-19(10-6-16)27-14-20(26)24-17-7-8-17/h2-6,9-10,13,17H,7-8,11-12,14H2,1H3,(H,24,26)(H3,22,23,25). The van der Waals surface area contributed by atoms with Gasteiger partial charge in [0, 0.05) is 18.3 Å². The Balaban J connectivity index is 1.40. The van der Waals surface area contributed by atoms with Gasteiger partial charge in [-0.2, -0.15) is 0 Å². The van der Waals surface area contributed by atoms with Crippen molar-refractivity contribution in [3.8, 4) is 5.75 Å². The summed E-state index contributed by atoms with van der Waals surface area (Å²) in [4.78, 5) is 16.0. The fourth-order valence-corrected chi connectivity index (χ4v) is 2.61. The zero-order chi connectivity index (χ0) is 19.1. The summed E-state index contributed by atoms with van der Waals surface area (Å²) < 4.78 is 5.50. The maximum absolute atomic E-state index is 11.6. The number of aliphatic imine (C=N–C) groups is 1. The molecule has 4 N–H and O–H groups in total. The Hall–Kier alpha value is -3.02. The van der Waals surface area contributed by atoms with E-state index in [1.807, 2.05) is 55.5 Å². The number of guanidine groups is 1. The fraction of sp³-hybridized carbons (Fsp3) is 0.333. The predicted octanol–water partition coefficient (Wildman–Crippen LogP) is 2.62. The first kappa shape index (κ1) is 18.8. The van der Waals surface area contributed by atoms with Crippen molar-refractivity contribution < 1.29 is 9.53 Å². The van der Waals surface area contributed by atoms with Crippen molar-refractivity contribution in [2.75, 3.05) is 18.5 Å². The molecule has 0 saturated heterocycles. The number of benzene rings is 2. The van der Waals surface area contributed by atoms with E-state index in [2.05, 4.69) is 15.6 Å². The number of rotatable bonds is 8. The van der Waals surface area contributed by atoms with Crippen LogP contribution in [0.1, 0.15) is 24.0 Å². The highest BCUT2D eigenvalue weighted by atomic mass is 16.5. The van der Waals surface area contributed by atoms with Crippen LogP contribution in [0.15, 0.2) is 53.5 Å². The van der Waals surface area contributed by atoms with Crippen LogP contribution in [0, 0.1) is 6.92 Å². The molecule has 6 nitrogen and oxygen atoms in total. The Kier molecular flexibility index (Phi) is 6.30. The molecule has 0 aliphatic heterocycles. The van der Waals surface area contributed by atoms with Crippen LogP contribution in [0.5, 0.6) is 5.75 Å². The quantitative estimate of drug-likeness (QED) is 0.495. The molecule has 0 unspecified atom stereocenters. The summed E-state index contributed by atoms with van der Waals surface area (Å²) in [5.41, 5.74) is 9.17. The van der Waals surface area contributed by atoms with E-state index in [0.29, 0.717) is 24.3 Å². The van der Waals surface area contributed by atoms with E-state index in [4.69, 9.17) is 10.5 Å². The Morgan fingerprint density at radius 1 is 1.22 bits per heavy atom. The lowest BCUT2D eigenvalue weighted by atomic mass is 10.1. The van der Waals surface area contributed by atoms with Gasteiger partial charge in [0.25, 0.3) is 5.91 Å². The van der Waals surface area contributed by atoms with E-state index >= 15 is 0 Å². The fourth-order valence-electron chi connectivity index (χ4n) is 2.61. The molecule has 1 aliphatic carbocycles. The third kappa shape index (κ3) is 6.66. The van der Waals surface area contributed by atoms with E-state index in [9.17, 15) is 4.79 Å². The van der Waals surface area contributed by atoms with E-state index < -0.39 is 0 Å². The van der Waals surface area contributed by atoms with Crippen LogP contribution in [0.4, 0.5) is 5.69 Å². The zero-order valence-corrected chi connectivity index (χ0v) is 15.6. The molecule has 1 fully saturated rings. The predicted molar refractivity (Wildman–Crippen MR) is 108 cm³/mol. The van der Waals surface area contributed by atoms with Crippen molar-refractivity contribution in [3.05, 3.63) is 59.7 Å². The second kappa shape index (κ2) is 9.07. The minimum Gasteiger partial charge on any atom is -0.484 e. The normalized spacial score (nSPS) is 13.9. The molecule has 2 aromatic rings. The molecular formula is C21H26N4O2. The lowest BCUT2D eigenvalue weighted by Crippen LogP contribution is -2.30. The van der Waals surface area contributed by atoms with Crippen molar-refractivity contribution >= 4 is 17.6 Å². The van der Waals surface area contributed by atoms with Gasteiger partial charge in [-0.3, -0.25) is 9.79 Å². The Morgan fingerprint density at radius 2 is 2.00 bits per heavy atom. The number of carbonyl (C=O) groups is 1. The maximum atomic E-state index is 11.6. The Labute approximate surface area is 159 Å². The molecule has 1 saturated carbocycles. The Morgan fingerprint density at radius 3 is 2.70 bits per heavy atom. The largest absolute Gasteiger partial charge is 0.484 e. The van der Waals surface area contributed by atoms with Gasteiger partial charge >= 0.3 is 0 Å². The number of hydrogen-bond acceptors (Lipinski definition) is 3. The summed E-state index contributed by atoms with van der Waals surface area (Å²) in [6.45, 7) is 2.68. The molecule has 6 heteroatoms. The summed E-state index contributed by atoms with van der Waals surface area (Å²) in [6, 6.07) is 16.1. The summed E-state index contributed by atoms with van der Waals surface area (Å²) in [5.74, 6) is 1.03. The second-order valence-electron chi connectivity index (χ2n) is 6.79. The highest BCUT2D eigenvalue weighted by Gasteiger charge is 2.23. The van der Waals surface area contributed by atoms with E-state index in [0.717, 1.165) is 30.5 Å². The number of ether oxygens (including phenoxy) is 1. The highest BCUT2D eigenvalue weighted by molar-refractivity contribution is 5.92. The van der Waals surface area contributed by atoms with Gasteiger partial charge in [-0.1, -0.05) is 24.3 Å². The maximum Gasteiger partial charge on any atom is 0.258 e. The number of amides is 1. The zero-order valence-electron chi connectivity index (χ0n) is 15.6. The molecule has 0 heterocycles. The van der Waals surface area contributed by atoms with Gasteiger partial charge in [-0.15, -0.1) is 0 Å². The molecule has 0 aromatic heterocycles. The average molecular weight is 366 g/mol. The lowest BCUT2D eigenvalue weighted by Gasteiger charge is -2.08. The smallest absolute Gasteiger partial charge is 0.258 e. The Bertz CT molecular complexity index is 798. The van der Waals surface area contributed by atoms with Crippen LogP contribution in [-0.2, 0) is 11.2 Å². The molecule has 0 atom stereocenters. The van der Waals surface area contributed by atoms with Gasteiger partial charge in [0.2, 0.25) is 0 Å². The third-order valence-corrected chi connectivity index (χ3v) is 4.21. The van der Waals surface area contributed by atoms with Crippen molar-refractivity contribution in [1.29, 1.82) is 0 Å². The van der Waals surface area contributed by atoms with Crippen molar-refractivity contribution in [2.24, 2.45) is 10.7 Å². The summed E-state index contributed by atoms with van der Waals surface area (Å²) in [5, 5.41) is 5.99. The minimum absolute atomic E-state index is 0.0568. The third-order valence-electron chi connectivity index (χ3n) is 4.21. The molecule has 0 bridgehead atoms. The van der Waals surface area contributed by atoms with Gasteiger partial charge in [0.05, 0.1) is 0 Å². The summed E-state index contributed by atoms with van der Waals surface area (Å²) in [7, 11) is 0.